The zero-order chi connectivity index (χ0) is 10.8. The molecular weight excluding hydrogens is 193 g/mol. The predicted octanol–water partition coefficient (Wildman–Crippen LogP) is 2.16. The van der Waals surface area contributed by atoms with E-state index in [1.807, 2.05) is 7.05 Å². The zero-order valence-corrected chi connectivity index (χ0v) is 8.91. The van der Waals surface area contributed by atoms with Crippen LogP contribution in [0.4, 0.5) is 10.1 Å². The first-order valence-corrected chi connectivity index (χ1v) is 5.31. The molecule has 1 fully saturated rings. The van der Waals surface area contributed by atoms with Gasteiger partial charge in [0.05, 0.1) is 6.61 Å². The van der Waals surface area contributed by atoms with Crippen molar-refractivity contribution in [2.24, 2.45) is 5.92 Å². The van der Waals surface area contributed by atoms with Crippen molar-refractivity contribution in [3.8, 4) is 0 Å². The van der Waals surface area contributed by atoms with Crippen molar-refractivity contribution in [3.05, 3.63) is 29.6 Å². The number of nitrogens with zero attached hydrogens (tertiary/aromatic N) is 1. The molecule has 1 aromatic carbocycles. The maximum Gasteiger partial charge on any atom is 0.123 e. The quantitative estimate of drug-likeness (QED) is 0.821. The highest BCUT2D eigenvalue weighted by Gasteiger charge is 2.23. The van der Waals surface area contributed by atoms with Gasteiger partial charge in [0.1, 0.15) is 5.82 Å². The number of aliphatic hydroxyl groups excluding tert-OH is 1. The van der Waals surface area contributed by atoms with Crippen molar-refractivity contribution in [2.75, 3.05) is 18.5 Å². The number of halogens is 1. The molecule has 0 aromatic heterocycles. The Hall–Kier alpha value is -1.09. The molecule has 0 bridgehead atoms. The van der Waals surface area contributed by atoms with Crippen LogP contribution in [0.25, 0.3) is 0 Å². The molecular formula is C12H16FNO. The zero-order valence-electron chi connectivity index (χ0n) is 8.91. The van der Waals surface area contributed by atoms with Gasteiger partial charge in [-0.15, -0.1) is 0 Å². The summed E-state index contributed by atoms with van der Waals surface area (Å²) in [5.74, 6) is 0.495. The van der Waals surface area contributed by atoms with Crippen LogP contribution in [0, 0.1) is 11.7 Å². The van der Waals surface area contributed by atoms with E-state index in [0.717, 1.165) is 18.2 Å². The summed E-state index contributed by atoms with van der Waals surface area (Å²) in [6, 6.07) is 4.58. The van der Waals surface area contributed by atoms with Gasteiger partial charge >= 0.3 is 0 Å². The highest BCUT2D eigenvalue weighted by Crippen LogP contribution is 2.31. The topological polar surface area (TPSA) is 23.5 Å². The Morgan fingerprint density at radius 1 is 1.47 bits per heavy atom. The first kappa shape index (κ1) is 10.4. The molecule has 2 nitrogen and oxygen atoms in total. The molecule has 1 aliphatic rings. The lowest BCUT2D eigenvalue weighted by Crippen LogP contribution is -2.21. The average Bonchev–Trinajstić information content (AvgIpc) is 3.01. The monoisotopic (exact) mass is 209 g/mol. The molecule has 0 unspecified atom stereocenters. The minimum Gasteiger partial charge on any atom is -0.392 e. The second-order valence-electron chi connectivity index (χ2n) is 4.26. The fourth-order valence-electron chi connectivity index (χ4n) is 1.84. The lowest BCUT2D eigenvalue weighted by atomic mass is 10.1. The molecule has 0 spiro atoms. The van der Waals surface area contributed by atoms with Crippen LogP contribution in [-0.2, 0) is 6.61 Å². The molecule has 0 radical (unpaired) electrons. The van der Waals surface area contributed by atoms with Gasteiger partial charge in [-0.2, -0.15) is 0 Å². The summed E-state index contributed by atoms with van der Waals surface area (Å²) in [4.78, 5) is 2.10. The van der Waals surface area contributed by atoms with Gasteiger partial charge in [0.25, 0.3) is 0 Å². The normalized spacial score (nSPS) is 15.4. The van der Waals surface area contributed by atoms with Gasteiger partial charge in [0, 0.05) is 24.8 Å². The molecule has 1 N–H and O–H groups in total. The Morgan fingerprint density at radius 3 is 2.80 bits per heavy atom. The second-order valence-corrected chi connectivity index (χ2v) is 4.26. The average molecular weight is 209 g/mol. The summed E-state index contributed by atoms with van der Waals surface area (Å²) in [5.41, 5.74) is 1.60. The van der Waals surface area contributed by atoms with Crippen LogP contribution in [0.2, 0.25) is 0 Å². The summed E-state index contributed by atoms with van der Waals surface area (Å²) in [7, 11) is 1.99. The molecule has 0 saturated heterocycles. The minimum absolute atomic E-state index is 0.109. The number of rotatable bonds is 4. The molecule has 15 heavy (non-hydrogen) atoms. The van der Waals surface area contributed by atoms with Crippen molar-refractivity contribution in [1.29, 1.82) is 0 Å². The number of aliphatic hydroxyl groups is 1. The minimum atomic E-state index is -0.289. The van der Waals surface area contributed by atoms with Gasteiger partial charge in [-0.3, -0.25) is 0 Å². The van der Waals surface area contributed by atoms with Crippen molar-refractivity contribution in [2.45, 2.75) is 19.4 Å². The Labute approximate surface area is 89.3 Å². The van der Waals surface area contributed by atoms with Gasteiger partial charge in [-0.1, -0.05) is 0 Å². The molecule has 1 aliphatic carbocycles. The van der Waals surface area contributed by atoms with Crippen LogP contribution in [-0.4, -0.2) is 18.7 Å². The Kier molecular flexibility index (Phi) is 2.91. The summed E-state index contributed by atoms with van der Waals surface area (Å²) in [6.45, 7) is 0.890. The van der Waals surface area contributed by atoms with Crippen molar-refractivity contribution < 1.29 is 9.50 Å². The third-order valence-electron chi connectivity index (χ3n) is 2.85. The molecule has 1 aromatic rings. The van der Waals surface area contributed by atoms with E-state index < -0.39 is 0 Å². The van der Waals surface area contributed by atoms with E-state index in [9.17, 15) is 4.39 Å². The first-order chi connectivity index (χ1) is 7.20. The molecule has 2 rings (SSSR count). The second kappa shape index (κ2) is 4.19. The van der Waals surface area contributed by atoms with Crippen LogP contribution in [0.1, 0.15) is 18.4 Å². The summed E-state index contributed by atoms with van der Waals surface area (Å²) < 4.78 is 12.9. The smallest absolute Gasteiger partial charge is 0.123 e. The van der Waals surface area contributed by atoms with Crippen LogP contribution in [0.5, 0.6) is 0 Å². The van der Waals surface area contributed by atoms with E-state index in [0.29, 0.717) is 5.56 Å². The molecule has 0 amide bonds. The van der Waals surface area contributed by atoms with E-state index in [2.05, 4.69) is 4.90 Å². The van der Waals surface area contributed by atoms with Crippen molar-refractivity contribution >= 4 is 5.69 Å². The maximum absolute atomic E-state index is 12.9. The predicted molar refractivity (Wildman–Crippen MR) is 58.3 cm³/mol. The third-order valence-corrected chi connectivity index (χ3v) is 2.85. The molecule has 1 saturated carbocycles. The Balaban J connectivity index is 2.17. The summed E-state index contributed by atoms with van der Waals surface area (Å²) in [6.07, 6.45) is 2.58. The Morgan fingerprint density at radius 2 is 2.20 bits per heavy atom. The van der Waals surface area contributed by atoms with E-state index in [1.54, 1.807) is 6.07 Å². The van der Waals surface area contributed by atoms with E-state index in [-0.39, 0.29) is 12.4 Å². The van der Waals surface area contributed by atoms with Crippen molar-refractivity contribution in [1.82, 2.24) is 0 Å². The number of hydrogen-bond acceptors (Lipinski definition) is 2. The molecule has 3 heteroatoms. The van der Waals surface area contributed by atoms with Gasteiger partial charge in [-0.05, 0) is 37.0 Å². The largest absolute Gasteiger partial charge is 0.392 e. The number of anilines is 1. The lowest BCUT2D eigenvalue weighted by molar-refractivity contribution is 0.281. The van der Waals surface area contributed by atoms with Gasteiger partial charge in [-0.25, -0.2) is 4.39 Å². The van der Waals surface area contributed by atoms with Crippen LogP contribution >= 0.6 is 0 Å². The highest BCUT2D eigenvalue weighted by atomic mass is 19.1. The first-order valence-electron chi connectivity index (χ1n) is 5.31. The van der Waals surface area contributed by atoms with Gasteiger partial charge in [0.2, 0.25) is 0 Å². The van der Waals surface area contributed by atoms with Crippen LogP contribution < -0.4 is 4.90 Å². The lowest BCUT2D eigenvalue weighted by Gasteiger charge is -2.21. The molecule has 0 aliphatic heterocycles. The maximum atomic E-state index is 12.9. The van der Waals surface area contributed by atoms with Gasteiger partial charge < -0.3 is 10.0 Å². The van der Waals surface area contributed by atoms with Crippen LogP contribution in [0.3, 0.4) is 0 Å². The summed E-state index contributed by atoms with van der Waals surface area (Å²) >= 11 is 0. The number of hydrogen-bond donors (Lipinski definition) is 1. The molecule has 0 heterocycles. The molecule has 0 atom stereocenters. The van der Waals surface area contributed by atoms with E-state index in [1.165, 1.54) is 25.0 Å². The standard InChI is InChI=1S/C12H16FNO/c1-14(7-9-2-3-9)12-5-4-11(13)6-10(12)8-15/h4-6,9,15H,2-3,7-8H2,1H3. The van der Waals surface area contributed by atoms with E-state index >= 15 is 0 Å². The highest BCUT2D eigenvalue weighted by molar-refractivity contribution is 5.53. The van der Waals surface area contributed by atoms with E-state index in [4.69, 9.17) is 5.11 Å². The third kappa shape index (κ3) is 2.48. The summed E-state index contributed by atoms with van der Waals surface area (Å²) in [5, 5.41) is 9.15. The SMILES string of the molecule is CN(CC1CC1)c1ccc(F)cc1CO. The van der Waals surface area contributed by atoms with Crippen LogP contribution in [0.15, 0.2) is 18.2 Å². The number of benzene rings is 1. The fourth-order valence-corrected chi connectivity index (χ4v) is 1.84. The fraction of sp³-hybridized carbons (Fsp3) is 0.500. The van der Waals surface area contributed by atoms with Crippen molar-refractivity contribution in [3.63, 3.8) is 0 Å². The molecule has 82 valence electrons. The Bertz CT molecular complexity index is 349. The van der Waals surface area contributed by atoms with Gasteiger partial charge in [0.15, 0.2) is 0 Å².